The van der Waals surface area contributed by atoms with Crippen molar-refractivity contribution in [2.24, 2.45) is 0 Å². The maximum Gasteiger partial charge on any atom is 0.264 e. The van der Waals surface area contributed by atoms with Gasteiger partial charge in [0.2, 0.25) is 5.91 Å². The van der Waals surface area contributed by atoms with Gasteiger partial charge in [0.1, 0.15) is 6.54 Å². The molecule has 0 aliphatic carbocycles. The maximum absolute atomic E-state index is 13.6. The lowest BCUT2D eigenvalue weighted by atomic mass is 9.99. The molecule has 0 saturated carbocycles. The Hall–Kier alpha value is -3.90. The number of amides is 1. The van der Waals surface area contributed by atoms with Crippen LogP contribution in [0.15, 0.2) is 120 Å². The lowest BCUT2D eigenvalue weighted by Gasteiger charge is -2.26. The van der Waals surface area contributed by atoms with Crippen molar-refractivity contribution in [2.45, 2.75) is 17.9 Å². The van der Waals surface area contributed by atoms with Crippen molar-refractivity contribution in [3.05, 3.63) is 132 Å². The molecule has 5 nitrogen and oxygen atoms in total. The van der Waals surface area contributed by atoms with E-state index in [2.05, 4.69) is 5.32 Å². The van der Waals surface area contributed by atoms with Gasteiger partial charge in [0.15, 0.2) is 0 Å². The molecule has 0 aliphatic rings. The van der Waals surface area contributed by atoms with Crippen LogP contribution in [0.5, 0.6) is 0 Å². The molecule has 0 saturated heterocycles. The summed E-state index contributed by atoms with van der Waals surface area (Å²) in [5.41, 5.74) is 3.16. The molecule has 172 valence electrons. The Bertz CT molecular complexity index is 1300. The molecule has 6 heteroatoms. The summed E-state index contributed by atoms with van der Waals surface area (Å²) < 4.78 is 28.3. The normalized spacial score (nSPS) is 11.2. The second-order valence-electron chi connectivity index (χ2n) is 7.99. The molecule has 34 heavy (non-hydrogen) atoms. The van der Waals surface area contributed by atoms with Crippen LogP contribution in [0.3, 0.4) is 0 Å². The summed E-state index contributed by atoms with van der Waals surface area (Å²) in [6, 6.07) is 34.1. The van der Waals surface area contributed by atoms with E-state index in [1.54, 1.807) is 36.4 Å². The lowest BCUT2D eigenvalue weighted by molar-refractivity contribution is -0.120. The lowest BCUT2D eigenvalue weighted by Crippen LogP contribution is -2.42. The van der Waals surface area contributed by atoms with Crippen molar-refractivity contribution < 1.29 is 13.2 Å². The largest absolute Gasteiger partial charge is 0.344 e. The van der Waals surface area contributed by atoms with E-state index < -0.39 is 22.0 Å². The van der Waals surface area contributed by atoms with Crippen molar-refractivity contribution in [3.8, 4) is 0 Å². The monoisotopic (exact) mass is 470 g/mol. The Morgan fingerprint density at radius 2 is 1.29 bits per heavy atom. The van der Waals surface area contributed by atoms with Gasteiger partial charge in [-0.25, -0.2) is 8.42 Å². The number of nitrogens with one attached hydrogen (secondary N) is 1. The summed E-state index contributed by atoms with van der Waals surface area (Å²) in [5, 5.41) is 3.04. The van der Waals surface area contributed by atoms with Crippen LogP contribution in [-0.4, -0.2) is 20.9 Å². The second-order valence-corrected chi connectivity index (χ2v) is 9.85. The van der Waals surface area contributed by atoms with Crippen molar-refractivity contribution in [3.63, 3.8) is 0 Å². The molecule has 0 aromatic heterocycles. The number of nitrogens with zero attached hydrogens (tertiary/aromatic N) is 1. The van der Waals surface area contributed by atoms with Gasteiger partial charge in [-0.3, -0.25) is 9.10 Å². The fourth-order valence-electron chi connectivity index (χ4n) is 3.80. The molecule has 0 aliphatic heterocycles. The highest BCUT2D eigenvalue weighted by Gasteiger charge is 2.28. The molecule has 0 heterocycles. The summed E-state index contributed by atoms with van der Waals surface area (Å²) in [6.07, 6.45) is 0. The highest BCUT2D eigenvalue weighted by Crippen LogP contribution is 2.26. The van der Waals surface area contributed by atoms with Gasteiger partial charge in [-0.2, -0.15) is 0 Å². The van der Waals surface area contributed by atoms with Gasteiger partial charge in [0.25, 0.3) is 10.0 Å². The summed E-state index contributed by atoms with van der Waals surface area (Å²) in [6.45, 7) is 1.54. The van der Waals surface area contributed by atoms with Crippen LogP contribution in [0.25, 0.3) is 0 Å². The van der Waals surface area contributed by atoms with Gasteiger partial charge in [0.05, 0.1) is 16.6 Å². The predicted molar refractivity (Wildman–Crippen MR) is 135 cm³/mol. The number of hydrogen-bond donors (Lipinski definition) is 1. The van der Waals surface area contributed by atoms with Crippen LogP contribution in [0.4, 0.5) is 5.69 Å². The van der Waals surface area contributed by atoms with Crippen molar-refractivity contribution in [1.82, 2.24) is 5.32 Å². The molecular formula is C28H26N2O3S. The molecule has 0 spiro atoms. The molecule has 4 aromatic rings. The summed E-state index contributed by atoms with van der Waals surface area (Å²) in [7, 11) is -3.96. The first-order chi connectivity index (χ1) is 16.4. The third-order valence-electron chi connectivity index (χ3n) is 5.48. The van der Waals surface area contributed by atoms with Gasteiger partial charge in [-0.05, 0) is 47.9 Å². The van der Waals surface area contributed by atoms with Crippen molar-refractivity contribution in [1.29, 1.82) is 0 Å². The second kappa shape index (κ2) is 10.4. The average Bonchev–Trinajstić information content (AvgIpc) is 2.87. The molecule has 0 fully saturated rings. The van der Waals surface area contributed by atoms with E-state index in [-0.39, 0.29) is 11.4 Å². The molecule has 4 rings (SSSR count). The Morgan fingerprint density at radius 1 is 0.765 bits per heavy atom. The number of sulfonamides is 1. The fraction of sp³-hybridized carbons (Fsp3) is 0.107. The average molecular weight is 471 g/mol. The minimum Gasteiger partial charge on any atom is -0.344 e. The Labute approximate surface area is 200 Å². The number of carbonyl (C=O) groups is 1. The Morgan fingerprint density at radius 3 is 1.82 bits per heavy atom. The Balaban J connectivity index is 1.67. The number of rotatable bonds is 8. The topological polar surface area (TPSA) is 66.5 Å². The van der Waals surface area contributed by atoms with E-state index >= 15 is 0 Å². The molecular weight excluding hydrogens is 444 g/mol. The van der Waals surface area contributed by atoms with Crippen LogP contribution in [-0.2, 0) is 14.8 Å². The summed E-state index contributed by atoms with van der Waals surface area (Å²) >= 11 is 0. The zero-order chi connectivity index (χ0) is 24.0. The van der Waals surface area contributed by atoms with E-state index in [1.807, 2.05) is 73.7 Å². The van der Waals surface area contributed by atoms with Crippen LogP contribution in [0, 0.1) is 6.92 Å². The first-order valence-corrected chi connectivity index (χ1v) is 12.4. The van der Waals surface area contributed by atoms with Crippen LogP contribution >= 0.6 is 0 Å². The molecule has 1 N–H and O–H groups in total. The fourth-order valence-corrected chi connectivity index (χ4v) is 5.24. The smallest absolute Gasteiger partial charge is 0.264 e. The molecule has 0 atom stereocenters. The molecule has 0 bridgehead atoms. The number of carbonyl (C=O) groups excluding carboxylic acids is 1. The highest BCUT2D eigenvalue weighted by molar-refractivity contribution is 7.92. The van der Waals surface area contributed by atoms with Gasteiger partial charge in [-0.15, -0.1) is 0 Å². The highest BCUT2D eigenvalue weighted by atomic mass is 32.2. The molecule has 1 amide bonds. The SMILES string of the molecule is Cc1cccc(N(CC(=O)NC(c2ccccc2)c2ccccc2)S(=O)(=O)c2ccccc2)c1. The van der Waals surface area contributed by atoms with Crippen LogP contribution in [0.2, 0.25) is 0 Å². The number of anilines is 1. The van der Waals surface area contributed by atoms with Gasteiger partial charge in [0, 0.05) is 0 Å². The van der Waals surface area contributed by atoms with Gasteiger partial charge >= 0.3 is 0 Å². The molecule has 0 unspecified atom stereocenters. The van der Waals surface area contributed by atoms with Crippen LogP contribution in [0.1, 0.15) is 22.7 Å². The minimum absolute atomic E-state index is 0.131. The first-order valence-electron chi connectivity index (χ1n) is 11.0. The number of hydrogen-bond acceptors (Lipinski definition) is 3. The predicted octanol–water partition coefficient (Wildman–Crippen LogP) is 5.10. The van der Waals surface area contributed by atoms with E-state index in [1.165, 1.54) is 12.1 Å². The Kier molecular flexibility index (Phi) is 7.09. The van der Waals surface area contributed by atoms with E-state index in [9.17, 15) is 13.2 Å². The minimum atomic E-state index is -3.96. The van der Waals surface area contributed by atoms with Crippen LogP contribution < -0.4 is 9.62 Å². The quantitative estimate of drug-likeness (QED) is 0.390. The zero-order valence-electron chi connectivity index (χ0n) is 18.8. The standard InChI is InChI=1S/C28H26N2O3S/c1-22-12-11-17-25(20-22)30(34(32,33)26-18-9-4-10-19-26)21-27(31)29-28(23-13-5-2-6-14-23)24-15-7-3-8-16-24/h2-20,28H,21H2,1H3,(H,29,31). The molecule has 4 aromatic carbocycles. The number of aryl methyl sites for hydroxylation is 1. The maximum atomic E-state index is 13.6. The van der Waals surface area contributed by atoms with E-state index in [0.717, 1.165) is 21.0 Å². The summed E-state index contributed by atoms with van der Waals surface area (Å²) in [5.74, 6) is -0.404. The van der Waals surface area contributed by atoms with E-state index in [4.69, 9.17) is 0 Å². The van der Waals surface area contributed by atoms with Crippen molar-refractivity contribution in [2.75, 3.05) is 10.8 Å². The zero-order valence-corrected chi connectivity index (χ0v) is 19.7. The van der Waals surface area contributed by atoms with Gasteiger partial charge in [-0.1, -0.05) is 91.0 Å². The van der Waals surface area contributed by atoms with Crippen molar-refractivity contribution >= 4 is 21.6 Å². The van der Waals surface area contributed by atoms with Gasteiger partial charge < -0.3 is 5.32 Å². The summed E-state index contributed by atoms with van der Waals surface area (Å²) in [4.78, 5) is 13.5. The first kappa shape index (κ1) is 23.3. The third-order valence-corrected chi connectivity index (χ3v) is 7.27. The molecule has 0 radical (unpaired) electrons. The van der Waals surface area contributed by atoms with E-state index in [0.29, 0.717) is 5.69 Å². The third kappa shape index (κ3) is 5.35. The number of benzene rings is 4.